The van der Waals surface area contributed by atoms with Crippen LogP contribution >= 0.6 is 0 Å². The molecular formula is C65H105N19O27. The van der Waals surface area contributed by atoms with Crippen molar-refractivity contribution in [2.24, 2.45) is 17.4 Å². The number of carbonyl (C=O) groups excluding carboxylic acids is 18. The van der Waals surface area contributed by atoms with Crippen molar-refractivity contribution in [1.82, 2.24) is 89.6 Å². The zero-order valence-electron chi connectivity index (χ0n) is 63.2. The molecule has 0 radical (unpaired) electrons. The molecule has 111 heavy (non-hydrogen) atoms. The molecule has 25 N–H and O–H groups in total. The van der Waals surface area contributed by atoms with Gasteiger partial charge >= 0.3 is 17.9 Å². The Balaban J connectivity index is 2.10. The summed E-state index contributed by atoms with van der Waals surface area (Å²) in [5, 5.41) is 93.6. The van der Waals surface area contributed by atoms with Crippen molar-refractivity contribution in [3.8, 4) is 0 Å². The Morgan fingerprint density at radius 2 is 0.721 bits per heavy atom. The number of aliphatic hydroxyl groups is 3. The second kappa shape index (κ2) is 45.6. The van der Waals surface area contributed by atoms with Gasteiger partial charge in [0.25, 0.3) is 0 Å². The molecule has 0 aliphatic carbocycles. The second-order valence-corrected chi connectivity index (χ2v) is 27.0. The number of nitrogens with two attached hydrogens (primary N) is 2. The molecule has 0 aromatic heterocycles. The lowest BCUT2D eigenvalue weighted by Gasteiger charge is -2.31. The van der Waals surface area contributed by atoms with Gasteiger partial charge in [-0.25, -0.2) is 4.79 Å². The van der Waals surface area contributed by atoms with Crippen molar-refractivity contribution in [2.75, 3.05) is 32.7 Å². The van der Waals surface area contributed by atoms with Crippen LogP contribution in [0.3, 0.4) is 0 Å². The van der Waals surface area contributed by atoms with Crippen LogP contribution in [0, 0.1) is 5.92 Å². The van der Waals surface area contributed by atoms with Gasteiger partial charge in [-0.2, -0.15) is 0 Å². The number of nitrogens with one attached hydrogen (secondary N) is 15. The smallest absolute Gasteiger partial charge is 0.326 e. The molecule has 0 aromatic carbocycles. The summed E-state index contributed by atoms with van der Waals surface area (Å²) in [7, 11) is 0. The van der Waals surface area contributed by atoms with Gasteiger partial charge in [-0.1, -0.05) is 13.8 Å². The average Bonchev–Trinajstić information content (AvgIpc) is 1.72. The number of carboxylic acids is 3. The van der Waals surface area contributed by atoms with Crippen LogP contribution in [0.2, 0.25) is 0 Å². The molecule has 18 amide bonds. The van der Waals surface area contributed by atoms with Crippen LogP contribution in [-0.2, 0) is 101 Å². The molecule has 0 unspecified atom stereocenters. The Labute approximate surface area is 636 Å². The summed E-state index contributed by atoms with van der Waals surface area (Å²) < 4.78 is 0. The lowest BCUT2D eigenvalue weighted by molar-refractivity contribution is -0.147. The molecule has 2 aliphatic rings. The molecule has 18 atom stereocenters. The van der Waals surface area contributed by atoms with E-state index < -0.39 is 291 Å². The minimum Gasteiger partial charge on any atom is -0.481 e. The maximum absolute atomic E-state index is 13.9. The number of carbonyl (C=O) groups is 21. The highest BCUT2D eigenvalue weighted by molar-refractivity contribution is 6.01. The van der Waals surface area contributed by atoms with Crippen LogP contribution in [0.15, 0.2) is 0 Å². The van der Waals surface area contributed by atoms with Crippen molar-refractivity contribution in [1.29, 1.82) is 0 Å². The summed E-state index contributed by atoms with van der Waals surface area (Å²) >= 11 is 0. The van der Waals surface area contributed by atoms with Crippen LogP contribution in [0.1, 0.15) is 134 Å². The van der Waals surface area contributed by atoms with Crippen LogP contribution < -0.4 is 91.2 Å². The first-order valence-electron chi connectivity index (χ1n) is 35.4. The minimum absolute atomic E-state index is 0.00729. The van der Waals surface area contributed by atoms with Crippen molar-refractivity contribution in [3.63, 3.8) is 0 Å². The molecule has 0 saturated carbocycles. The van der Waals surface area contributed by atoms with E-state index in [2.05, 4.69) is 79.8 Å². The van der Waals surface area contributed by atoms with Gasteiger partial charge < -0.3 is 132 Å². The van der Waals surface area contributed by atoms with Gasteiger partial charge in [0.1, 0.15) is 90.6 Å². The number of hydrogen-bond donors (Lipinski definition) is 23. The third kappa shape index (κ3) is 31.7. The fraction of sp³-hybridized carbons (Fsp3) is 0.677. The van der Waals surface area contributed by atoms with Crippen LogP contribution in [-0.4, -0.2) is 306 Å². The third-order valence-electron chi connectivity index (χ3n) is 17.3. The van der Waals surface area contributed by atoms with Gasteiger partial charge in [0.05, 0.1) is 44.4 Å². The van der Waals surface area contributed by atoms with E-state index >= 15 is 0 Å². The molecule has 0 spiro atoms. The first-order valence-corrected chi connectivity index (χ1v) is 35.4. The average molecular weight is 1580 g/mol. The van der Waals surface area contributed by atoms with E-state index in [9.17, 15) is 126 Å². The van der Waals surface area contributed by atoms with E-state index in [4.69, 9.17) is 16.6 Å². The van der Waals surface area contributed by atoms with E-state index in [0.717, 1.165) is 44.4 Å². The fourth-order valence-corrected chi connectivity index (χ4v) is 11.0. The highest BCUT2D eigenvalue weighted by atomic mass is 16.4. The maximum atomic E-state index is 13.9. The maximum Gasteiger partial charge on any atom is 0.326 e. The lowest BCUT2D eigenvalue weighted by atomic mass is 10.0. The first kappa shape index (κ1) is 95.8. The normalized spacial score (nSPS) is 18.1. The number of aliphatic hydroxyl groups excluding tert-OH is 3. The Morgan fingerprint density at radius 1 is 0.369 bits per heavy atom. The van der Waals surface area contributed by atoms with Crippen LogP contribution in [0.25, 0.3) is 0 Å². The summed E-state index contributed by atoms with van der Waals surface area (Å²) in [4.78, 5) is 274. The number of hydrogen-bond acceptors (Lipinski definition) is 25. The summed E-state index contributed by atoms with van der Waals surface area (Å²) in [5.41, 5.74) is 10.5. The summed E-state index contributed by atoms with van der Waals surface area (Å²) in [6, 6.07) is -23.3. The van der Waals surface area contributed by atoms with E-state index in [1.165, 1.54) is 41.5 Å². The summed E-state index contributed by atoms with van der Waals surface area (Å²) in [6.07, 6.45) is -7.77. The van der Waals surface area contributed by atoms with Crippen molar-refractivity contribution < 1.29 is 131 Å². The number of likely N-dealkylation sites (tertiary alicyclic amines) is 2. The molecule has 2 rings (SSSR count). The van der Waals surface area contributed by atoms with E-state index in [0.29, 0.717) is 0 Å². The third-order valence-corrected chi connectivity index (χ3v) is 17.3. The second-order valence-electron chi connectivity index (χ2n) is 27.0. The molecule has 46 nitrogen and oxygen atoms in total. The van der Waals surface area contributed by atoms with Gasteiger partial charge in [-0.15, -0.1) is 0 Å². The zero-order chi connectivity index (χ0) is 84.8. The fourth-order valence-electron chi connectivity index (χ4n) is 11.0. The lowest BCUT2D eigenvalue weighted by Crippen LogP contribution is -2.63. The van der Waals surface area contributed by atoms with Crippen molar-refractivity contribution in [3.05, 3.63) is 0 Å². The SMILES string of the molecule is CC(C)[C@H](NC(=O)[C@@H]1CCCN1C(=O)[C@H](C)NC(=O)[C@@H](NC(=O)[C@@H](NC(=O)[C@H](C)NC(=O)[C@@H]1CCCN1C(=O)[C@H](C)NC(=O)[C@H](C)NC(=O)[C@H](CCC(N)=O)NC(=O)[C@H](CCC(=O)O)NC(=O)[C@H](C)NC(=O)CNC(=O)[C@@H](NC(=O)[C@H](C)NC(=O)CNC(=O)CN)[C@@H](C)O)[C@@H](C)O)[C@@H](C)O)C(=O)N[C@@H](CC(=O)O)C(=O)O. The van der Waals surface area contributed by atoms with Gasteiger partial charge in [-0.3, -0.25) is 95.9 Å². The Bertz CT molecular complexity index is 3450. The standard InChI is InChI=1S/C65H105N19O27/c1-26(2)47(60(105)78-38(65(110)111)22-46(94)95)79-58(103)40-15-13-21-84(40)64(109)32(8)75-61(106)49(34(10)86)82-62(107)50(35(11)87)81-54(99)30(6)73-57(102)39-14-12-20-83(39)63(108)31(7)74-51(96)29(5)72-55(100)36(16-18-41(67)88)77-56(101)37(17-19-45(92)93)76-52(97)27(3)70-44(91)25-69-59(104)48(33(9)85)80-53(98)28(4)71-43(90)24-68-42(89)23-66/h26-40,47-50,85-87H,12-25,66H2,1-11H3,(H2,67,88)(H,68,89)(H,69,104)(H,70,91)(H,71,90)(H,72,100)(H,73,102)(H,74,96)(H,75,106)(H,76,97)(H,77,101)(H,78,105)(H,79,103)(H,80,98)(H,81,99)(H,82,107)(H,92,93)(H,94,95)(H,110,111)/t27-,28-,29-,30-,31-,32-,33+,34+,35+,36-,37-,38-,39-,40-,47-,48-,49-,50-/m0/s1. The molecule has 0 bridgehead atoms. The summed E-state index contributed by atoms with van der Waals surface area (Å²) in [5.74, 6) is -23.1. The number of carboxylic acid groups (broad SMARTS) is 3. The van der Waals surface area contributed by atoms with Gasteiger partial charge in [0, 0.05) is 25.9 Å². The topological polar surface area (TPSA) is 719 Å². The van der Waals surface area contributed by atoms with Crippen LogP contribution in [0.4, 0.5) is 0 Å². The van der Waals surface area contributed by atoms with Crippen molar-refractivity contribution >= 4 is 124 Å². The van der Waals surface area contributed by atoms with Gasteiger partial charge in [0.2, 0.25) is 106 Å². The number of amides is 18. The zero-order valence-corrected chi connectivity index (χ0v) is 63.2. The number of nitrogens with zero attached hydrogens (tertiary/aromatic N) is 2. The molecule has 2 fully saturated rings. The predicted molar refractivity (Wildman–Crippen MR) is 379 cm³/mol. The highest BCUT2D eigenvalue weighted by Crippen LogP contribution is 2.21. The number of rotatable bonds is 45. The first-order chi connectivity index (χ1) is 51.6. The quantitative estimate of drug-likeness (QED) is 0.0269. The molecule has 622 valence electrons. The minimum atomic E-state index is -1.88. The van der Waals surface area contributed by atoms with E-state index in [-0.39, 0.29) is 38.8 Å². The molecule has 0 aromatic rings. The van der Waals surface area contributed by atoms with Crippen LogP contribution in [0.5, 0.6) is 0 Å². The monoisotopic (exact) mass is 1580 g/mol. The molecular weight excluding hydrogens is 1480 g/mol. The van der Waals surface area contributed by atoms with Gasteiger partial charge in [0.15, 0.2) is 0 Å². The molecule has 2 heterocycles. The highest BCUT2D eigenvalue weighted by Gasteiger charge is 2.43. The molecule has 2 saturated heterocycles. The number of primary amides is 1. The largest absolute Gasteiger partial charge is 0.481 e. The Morgan fingerprint density at radius 3 is 1.15 bits per heavy atom. The van der Waals surface area contributed by atoms with Crippen molar-refractivity contribution in [2.45, 2.75) is 243 Å². The molecule has 2 aliphatic heterocycles. The Kier molecular flexibility index (Phi) is 39.4. The van der Waals surface area contributed by atoms with Gasteiger partial charge in [-0.05, 0) is 107 Å². The van der Waals surface area contributed by atoms with E-state index in [1.807, 2.05) is 0 Å². The molecule has 46 heteroatoms. The van der Waals surface area contributed by atoms with E-state index in [1.54, 1.807) is 0 Å². The summed E-state index contributed by atoms with van der Waals surface area (Å²) in [6.45, 7) is 11.6. The Hall–Kier alpha value is -11.3. The predicted octanol–water partition coefficient (Wildman–Crippen LogP) is -11.9. The number of aliphatic carboxylic acids is 3.